The number of benzene rings is 2. The zero-order chi connectivity index (χ0) is 42.3. The van der Waals surface area contributed by atoms with Crippen molar-refractivity contribution in [1.82, 2.24) is 34.1 Å². The van der Waals surface area contributed by atoms with Crippen LogP contribution in [-0.2, 0) is 29.2 Å². The molecule has 3 aromatic heterocycles. The summed E-state index contributed by atoms with van der Waals surface area (Å²) < 4.78 is 56.5. The van der Waals surface area contributed by atoms with Gasteiger partial charge in [0.25, 0.3) is 5.91 Å². The first-order chi connectivity index (χ1) is 28.7. The number of fused-ring (bicyclic) bond motifs is 2. The summed E-state index contributed by atoms with van der Waals surface area (Å²) >= 11 is 0. The van der Waals surface area contributed by atoms with Crippen molar-refractivity contribution in [2.75, 3.05) is 39.2 Å². The molecule has 60 heavy (non-hydrogen) atoms. The van der Waals surface area contributed by atoms with E-state index in [0.717, 1.165) is 92.2 Å². The third-order valence-electron chi connectivity index (χ3n) is 12.5. The number of hydrogen-bond donors (Lipinski definition) is 3. The number of hydrogen-bond acceptors (Lipinski definition) is 9. The lowest BCUT2D eigenvalue weighted by Gasteiger charge is -2.36. The first-order valence-electron chi connectivity index (χ1n) is 20.7. The van der Waals surface area contributed by atoms with Gasteiger partial charge in [0.1, 0.15) is 29.4 Å². The van der Waals surface area contributed by atoms with E-state index in [1.54, 1.807) is 28.3 Å². The number of piperidine rings is 1. The van der Waals surface area contributed by atoms with E-state index in [4.69, 9.17) is 14.6 Å². The second-order valence-electron chi connectivity index (χ2n) is 16.7. The van der Waals surface area contributed by atoms with Gasteiger partial charge in [-0.05, 0) is 106 Å². The Balaban J connectivity index is 0.780. The molecule has 3 N–H and O–H groups in total. The number of rotatable bonds is 13. The Morgan fingerprint density at radius 1 is 1.03 bits per heavy atom. The summed E-state index contributed by atoms with van der Waals surface area (Å²) in [6, 6.07) is 12.1. The van der Waals surface area contributed by atoms with Crippen LogP contribution in [-0.4, -0.2) is 91.9 Å². The Bertz CT molecular complexity index is 2430. The average molecular weight is 833 g/mol. The van der Waals surface area contributed by atoms with Crippen LogP contribution in [0.3, 0.4) is 0 Å². The Morgan fingerprint density at radius 2 is 1.80 bits per heavy atom. The molecule has 0 radical (unpaired) electrons. The molecule has 2 unspecified atom stereocenters. The molecule has 5 aromatic rings. The molecular weight excluding hydrogens is 782 g/mol. The standard InChI is InChI=1S/C43H51F3N8O6/c1-51(16-17-60-30-19-26(20-30)18-27-6-4-8-34-39(27)52(2)42(58)54(34)35-14-15-38(55)49-41(35)57)23-25-10-12-29(13-11-25)53-24-28-21-33(36(59-3)22-32(28)50-53)48-40(56)31-7-5-9-37(47-31)43(44,45)46/h4-9,21-22,24-26,29-30,35,38,55H,10-20,23H2,1-3H3,(H,48,56)(H,49,57). The van der Waals surface area contributed by atoms with Crippen molar-refractivity contribution < 1.29 is 37.3 Å². The Hall–Kier alpha value is -5.26. The molecule has 14 nitrogen and oxygen atoms in total. The van der Waals surface area contributed by atoms with Gasteiger partial charge in [-0.1, -0.05) is 18.2 Å². The number of carbonyl (C=O) groups excluding carboxylic acids is 2. The van der Waals surface area contributed by atoms with E-state index in [9.17, 15) is 32.7 Å². The number of aliphatic hydroxyl groups is 1. The second-order valence-corrected chi connectivity index (χ2v) is 16.7. The van der Waals surface area contributed by atoms with Crippen molar-refractivity contribution in [3.63, 3.8) is 0 Å². The highest BCUT2D eigenvalue weighted by atomic mass is 19.4. The number of alkyl halides is 3. The van der Waals surface area contributed by atoms with Gasteiger partial charge >= 0.3 is 11.9 Å². The molecule has 17 heteroatoms. The van der Waals surface area contributed by atoms with Crippen LogP contribution in [0.5, 0.6) is 5.75 Å². The minimum absolute atomic E-state index is 0.216. The van der Waals surface area contributed by atoms with E-state index in [2.05, 4.69) is 33.6 Å². The number of anilines is 1. The van der Waals surface area contributed by atoms with Crippen LogP contribution in [0.1, 0.15) is 85.2 Å². The number of halogens is 3. The van der Waals surface area contributed by atoms with Crippen LogP contribution in [0, 0.1) is 11.8 Å². The molecule has 320 valence electrons. The smallest absolute Gasteiger partial charge is 0.433 e. The molecule has 3 fully saturated rings. The Morgan fingerprint density at radius 3 is 2.53 bits per heavy atom. The Labute approximate surface area is 344 Å². The monoisotopic (exact) mass is 832 g/mol. The zero-order valence-electron chi connectivity index (χ0n) is 34.0. The lowest BCUT2D eigenvalue weighted by atomic mass is 9.78. The molecule has 2 aromatic carbocycles. The van der Waals surface area contributed by atoms with Crippen LogP contribution in [0.25, 0.3) is 21.9 Å². The minimum Gasteiger partial charge on any atom is -0.494 e. The largest absolute Gasteiger partial charge is 0.494 e. The molecule has 1 saturated heterocycles. The predicted octanol–water partition coefficient (Wildman–Crippen LogP) is 5.83. The zero-order valence-corrected chi connectivity index (χ0v) is 34.0. The number of aliphatic hydroxyl groups excluding tert-OH is 1. The second kappa shape index (κ2) is 17.0. The number of carbonyl (C=O) groups is 2. The molecule has 4 heterocycles. The van der Waals surface area contributed by atoms with E-state index in [1.807, 2.05) is 23.0 Å². The normalized spacial score (nSPS) is 23.5. The first-order valence-corrected chi connectivity index (χ1v) is 20.7. The number of likely N-dealkylation sites (N-methyl/N-ethyl adjacent to an activating group) is 1. The minimum atomic E-state index is -4.67. The van der Waals surface area contributed by atoms with Gasteiger partial charge in [0.05, 0.1) is 48.1 Å². The number of amides is 2. The van der Waals surface area contributed by atoms with Crippen LogP contribution in [0.15, 0.2) is 59.5 Å². The predicted molar refractivity (Wildman–Crippen MR) is 218 cm³/mol. The maximum absolute atomic E-state index is 13.3. The number of para-hydroxylation sites is 1. The third-order valence-corrected chi connectivity index (χ3v) is 12.5. The molecule has 0 bridgehead atoms. The molecule has 2 aliphatic carbocycles. The highest BCUT2D eigenvalue weighted by molar-refractivity contribution is 6.05. The molecule has 8 rings (SSSR count). The molecular formula is C43H51F3N8O6. The van der Waals surface area contributed by atoms with Crippen LogP contribution in [0.4, 0.5) is 18.9 Å². The van der Waals surface area contributed by atoms with Crippen molar-refractivity contribution >= 4 is 39.4 Å². The number of methoxy groups -OCH3 is 1. The molecule has 2 atom stereocenters. The number of ether oxygens (including phenoxy) is 2. The summed E-state index contributed by atoms with van der Waals surface area (Å²) in [5.41, 5.74) is 1.98. The summed E-state index contributed by atoms with van der Waals surface area (Å²) in [6.45, 7) is 2.49. The van der Waals surface area contributed by atoms with Crippen molar-refractivity contribution in [2.24, 2.45) is 18.9 Å². The average Bonchev–Trinajstić information content (AvgIpc) is 3.73. The Kier molecular flexibility index (Phi) is 11.8. The number of nitrogens with one attached hydrogen (secondary N) is 2. The number of pyridine rings is 1. The topological polar surface area (TPSA) is 158 Å². The first kappa shape index (κ1) is 41.5. The van der Waals surface area contributed by atoms with E-state index >= 15 is 0 Å². The van der Waals surface area contributed by atoms with Gasteiger partial charge in [-0.3, -0.25) is 23.4 Å². The summed E-state index contributed by atoms with van der Waals surface area (Å²) in [5.74, 6) is 0.237. The molecule has 2 saturated carbocycles. The fourth-order valence-corrected chi connectivity index (χ4v) is 9.23. The molecule has 2 amide bonds. The highest BCUT2D eigenvalue weighted by Gasteiger charge is 2.35. The number of aromatic nitrogens is 5. The lowest BCUT2D eigenvalue weighted by Crippen LogP contribution is -2.46. The van der Waals surface area contributed by atoms with E-state index in [-0.39, 0.29) is 29.4 Å². The van der Waals surface area contributed by atoms with Crippen molar-refractivity contribution in [3.8, 4) is 5.75 Å². The number of imidazole rings is 1. The van der Waals surface area contributed by atoms with Gasteiger partial charge in [-0.2, -0.15) is 18.3 Å². The van der Waals surface area contributed by atoms with Crippen molar-refractivity contribution in [2.45, 2.75) is 88.4 Å². The van der Waals surface area contributed by atoms with Crippen LogP contribution in [0.2, 0.25) is 0 Å². The van der Waals surface area contributed by atoms with Gasteiger partial charge in [-0.15, -0.1) is 0 Å². The van der Waals surface area contributed by atoms with Crippen LogP contribution >= 0.6 is 0 Å². The fourth-order valence-electron chi connectivity index (χ4n) is 9.23. The van der Waals surface area contributed by atoms with Crippen LogP contribution < -0.4 is 21.1 Å². The summed E-state index contributed by atoms with van der Waals surface area (Å²) in [6.07, 6.45) is 4.24. The molecule has 3 aliphatic rings. The lowest BCUT2D eigenvalue weighted by molar-refractivity contribution is -0.141. The van der Waals surface area contributed by atoms with Gasteiger partial charge in [0.2, 0.25) is 5.91 Å². The third kappa shape index (κ3) is 8.65. The molecule has 0 spiro atoms. The maximum atomic E-state index is 13.3. The highest BCUT2D eigenvalue weighted by Crippen LogP contribution is 2.37. The summed E-state index contributed by atoms with van der Waals surface area (Å²) in [7, 11) is 5.35. The van der Waals surface area contributed by atoms with Gasteiger partial charge < -0.3 is 30.1 Å². The summed E-state index contributed by atoms with van der Waals surface area (Å²) in [4.78, 5) is 44.7. The summed E-state index contributed by atoms with van der Waals surface area (Å²) in [5, 5.41) is 20.6. The number of aryl methyl sites for hydroxylation is 1. The van der Waals surface area contributed by atoms with E-state index < -0.39 is 30.0 Å². The van der Waals surface area contributed by atoms with E-state index in [1.165, 1.54) is 13.2 Å². The number of nitrogens with zero attached hydrogens (tertiary/aromatic N) is 6. The van der Waals surface area contributed by atoms with Gasteiger partial charge in [0.15, 0.2) is 0 Å². The van der Waals surface area contributed by atoms with Crippen molar-refractivity contribution in [3.05, 3.63) is 82.2 Å². The maximum Gasteiger partial charge on any atom is 0.433 e. The fraction of sp³-hybridized carbons (Fsp3) is 0.512. The SMILES string of the molecule is COc1cc2nn(C3CCC(CN(C)CCOC4CC(Cc5cccc6c5n(C)c(=O)n6C5CCC(O)NC5=O)C4)CC3)cc2cc1NC(=O)c1cccc(C(F)(F)F)n1. The molecule has 1 aliphatic heterocycles. The quantitative estimate of drug-likeness (QED) is 0.133. The van der Waals surface area contributed by atoms with Gasteiger partial charge in [-0.25, -0.2) is 9.78 Å². The van der Waals surface area contributed by atoms with Crippen molar-refractivity contribution in [1.29, 1.82) is 0 Å². The van der Waals surface area contributed by atoms with E-state index in [0.29, 0.717) is 48.2 Å². The van der Waals surface area contributed by atoms with Gasteiger partial charge in [0, 0.05) is 37.8 Å².